The van der Waals surface area contributed by atoms with Gasteiger partial charge in [-0.3, -0.25) is 14.4 Å². The van der Waals surface area contributed by atoms with Gasteiger partial charge in [-0.05, 0) is 55.6 Å². The van der Waals surface area contributed by atoms with E-state index in [9.17, 15) is 39.9 Å². The molecular formula is C35H44O8. The van der Waals surface area contributed by atoms with E-state index in [1.165, 1.54) is 6.92 Å². The Hall–Kier alpha value is -3.23. The lowest BCUT2D eigenvalue weighted by Crippen LogP contribution is -2.73. The summed E-state index contributed by atoms with van der Waals surface area (Å²) >= 11 is 0. The van der Waals surface area contributed by atoms with Gasteiger partial charge >= 0.3 is 0 Å². The van der Waals surface area contributed by atoms with Gasteiger partial charge in [0.05, 0.1) is 17.2 Å². The Morgan fingerprint density at radius 1 is 1.05 bits per heavy atom. The van der Waals surface area contributed by atoms with Gasteiger partial charge < -0.3 is 25.5 Å². The monoisotopic (exact) mass is 592 g/mol. The van der Waals surface area contributed by atoms with Gasteiger partial charge in [0, 0.05) is 22.3 Å². The lowest BCUT2D eigenvalue weighted by atomic mass is 9.41. The molecular weight excluding hydrogens is 548 g/mol. The van der Waals surface area contributed by atoms with Crippen LogP contribution in [-0.2, 0) is 9.59 Å². The second-order valence-electron chi connectivity index (χ2n) is 14.1. The molecule has 0 aromatic heterocycles. The second-order valence-corrected chi connectivity index (χ2v) is 14.1. The van der Waals surface area contributed by atoms with Gasteiger partial charge in [-0.15, -0.1) is 0 Å². The van der Waals surface area contributed by atoms with E-state index in [-0.39, 0.29) is 16.9 Å². The molecule has 0 aliphatic heterocycles. The topological polar surface area (TPSA) is 152 Å². The number of allylic oxidation sites excluding steroid dienone is 2. The lowest BCUT2D eigenvalue weighted by molar-refractivity contribution is -0.212. The van der Waals surface area contributed by atoms with Crippen LogP contribution in [0.4, 0.5) is 0 Å². The number of Topliss-reactive ketones (excluding diaryl/α,β-unsaturated/α-hetero) is 3. The van der Waals surface area contributed by atoms with Crippen LogP contribution >= 0.6 is 0 Å². The Kier molecular flexibility index (Phi) is 7.37. The minimum absolute atomic E-state index is 0.0517. The molecule has 232 valence electrons. The highest BCUT2D eigenvalue weighted by atomic mass is 16.4. The zero-order valence-electron chi connectivity index (χ0n) is 26.0. The molecule has 0 amide bonds. The number of hydrogen-bond donors (Lipinski definition) is 5. The maximum absolute atomic E-state index is 14.5. The first-order valence-electron chi connectivity index (χ1n) is 15.4. The molecule has 1 aromatic carbocycles. The first kappa shape index (κ1) is 31.2. The lowest BCUT2D eigenvalue weighted by Gasteiger charge is -2.63. The number of fused-ring (bicyclic) bond motifs is 3. The summed E-state index contributed by atoms with van der Waals surface area (Å²) < 4.78 is 0. The number of aromatic hydroxyl groups is 1. The number of carbonyl (C=O) groups is 3. The molecule has 1 saturated carbocycles. The minimum atomic E-state index is -2.89. The van der Waals surface area contributed by atoms with Gasteiger partial charge in [-0.2, -0.15) is 0 Å². The number of ketones is 3. The van der Waals surface area contributed by atoms with Crippen LogP contribution in [0.25, 0.3) is 5.57 Å². The molecule has 6 atom stereocenters. The summed E-state index contributed by atoms with van der Waals surface area (Å²) in [5.41, 5.74) is -6.01. The van der Waals surface area contributed by atoms with Gasteiger partial charge in [-0.1, -0.05) is 72.1 Å². The fraction of sp³-hybridized carbons (Fsp3) is 0.571. The van der Waals surface area contributed by atoms with Crippen LogP contribution in [0, 0.1) is 28.6 Å². The average molecular weight is 593 g/mol. The van der Waals surface area contributed by atoms with Crippen molar-refractivity contribution < 1.29 is 39.9 Å². The van der Waals surface area contributed by atoms with Crippen molar-refractivity contribution in [2.75, 3.05) is 0 Å². The molecule has 0 saturated heterocycles. The summed E-state index contributed by atoms with van der Waals surface area (Å²) in [5, 5.41) is 59.9. The Balaban J connectivity index is 1.86. The molecule has 4 aliphatic rings. The smallest absolute Gasteiger partial charge is 0.209 e. The van der Waals surface area contributed by atoms with Crippen LogP contribution in [0.15, 0.2) is 41.4 Å². The van der Waals surface area contributed by atoms with Gasteiger partial charge in [0.2, 0.25) is 5.78 Å². The summed E-state index contributed by atoms with van der Waals surface area (Å²) in [6.07, 6.45) is 4.07. The third-order valence-electron chi connectivity index (χ3n) is 11.4. The van der Waals surface area contributed by atoms with Crippen LogP contribution in [0.1, 0.15) is 107 Å². The number of phenols is 1. The molecule has 5 N–H and O–H groups in total. The second kappa shape index (κ2) is 10.2. The van der Waals surface area contributed by atoms with E-state index in [0.717, 1.165) is 39.0 Å². The van der Waals surface area contributed by atoms with Crippen molar-refractivity contribution in [3.8, 4) is 5.75 Å². The molecule has 8 nitrogen and oxygen atoms in total. The fourth-order valence-corrected chi connectivity index (χ4v) is 9.28. The predicted molar refractivity (Wildman–Crippen MR) is 162 cm³/mol. The summed E-state index contributed by atoms with van der Waals surface area (Å²) in [5.74, 6) is -6.40. The highest BCUT2D eigenvalue weighted by Gasteiger charge is 2.76. The third-order valence-corrected chi connectivity index (χ3v) is 11.4. The van der Waals surface area contributed by atoms with Crippen molar-refractivity contribution in [2.45, 2.75) is 97.7 Å². The standard InChI is InChI=1S/C35H44O8/c1-16(2)20-13-14-21-22(15-12-19-10-8-9-11-19)33(6)26(29(39)24(21)27(20)37)31(41)35(43)30(40)23(18(5)36)28(38)25(17(3)4)34(35,7)32(33)42/h13-14,17,19,22,25,32,37-38,41-43H,1,8-12,15H2,2-7H3/t22-,25?,32-,33+,34+,35+/m1/s1. The van der Waals surface area contributed by atoms with Crippen molar-refractivity contribution in [1.29, 1.82) is 0 Å². The number of carbonyl (C=O) groups excluding carboxylic acids is 3. The fourth-order valence-electron chi connectivity index (χ4n) is 9.28. The number of phenolic OH excluding ortho intramolecular Hbond substituents is 1. The number of benzene rings is 1. The molecule has 5 rings (SSSR count). The summed E-state index contributed by atoms with van der Waals surface area (Å²) in [6, 6.07) is 3.47. The largest absolute Gasteiger partial charge is 0.511 e. The molecule has 0 bridgehead atoms. The number of rotatable bonds is 6. The predicted octanol–water partition coefficient (Wildman–Crippen LogP) is 5.86. The Labute approximate surface area is 252 Å². The van der Waals surface area contributed by atoms with E-state index in [1.807, 2.05) is 0 Å². The van der Waals surface area contributed by atoms with E-state index < -0.39 is 74.7 Å². The molecule has 0 radical (unpaired) electrons. The summed E-state index contributed by atoms with van der Waals surface area (Å²) in [6.45, 7) is 13.3. The van der Waals surface area contributed by atoms with E-state index in [2.05, 4.69) is 6.58 Å². The van der Waals surface area contributed by atoms with Crippen molar-refractivity contribution in [1.82, 2.24) is 0 Å². The molecule has 43 heavy (non-hydrogen) atoms. The highest BCUT2D eigenvalue weighted by Crippen LogP contribution is 2.68. The number of hydrogen-bond acceptors (Lipinski definition) is 8. The molecule has 0 spiro atoms. The van der Waals surface area contributed by atoms with Gasteiger partial charge in [-0.25, -0.2) is 0 Å². The normalized spacial score (nSPS) is 34.4. The SMILES string of the molecule is C=C(C)c1ccc2c(c1O)C(=O)C1=C(O)[C@@]3(O)C(=O)C(C(C)=O)=C(O)C(C(C)C)[C@@]3(C)[C@H](O)[C@@]1(C)[C@@H]2CCC1CCCC1. The van der Waals surface area contributed by atoms with E-state index in [4.69, 9.17) is 0 Å². The Morgan fingerprint density at radius 2 is 1.65 bits per heavy atom. The van der Waals surface area contributed by atoms with E-state index >= 15 is 0 Å². The first-order chi connectivity index (χ1) is 20.0. The highest BCUT2D eigenvalue weighted by molar-refractivity contribution is 6.25. The summed E-state index contributed by atoms with van der Waals surface area (Å²) in [7, 11) is 0. The van der Waals surface area contributed by atoms with Crippen LogP contribution in [0.2, 0.25) is 0 Å². The van der Waals surface area contributed by atoms with Crippen molar-refractivity contribution >= 4 is 22.9 Å². The van der Waals surface area contributed by atoms with Crippen LogP contribution in [0.3, 0.4) is 0 Å². The number of aliphatic hydroxyl groups is 4. The van der Waals surface area contributed by atoms with Crippen LogP contribution in [0.5, 0.6) is 5.75 Å². The van der Waals surface area contributed by atoms with E-state index in [0.29, 0.717) is 29.0 Å². The zero-order chi connectivity index (χ0) is 32.0. The molecule has 1 unspecified atom stereocenters. The zero-order valence-corrected chi connectivity index (χ0v) is 26.0. The average Bonchev–Trinajstić information content (AvgIpc) is 3.43. The van der Waals surface area contributed by atoms with Crippen molar-refractivity contribution in [3.63, 3.8) is 0 Å². The Bertz CT molecular complexity index is 1510. The minimum Gasteiger partial charge on any atom is -0.511 e. The van der Waals surface area contributed by atoms with Gasteiger partial charge in [0.25, 0.3) is 0 Å². The summed E-state index contributed by atoms with van der Waals surface area (Å²) in [4.78, 5) is 41.1. The maximum Gasteiger partial charge on any atom is 0.209 e. The Morgan fingerprint density at radius 3 is 2.19 bits per heavy atom. The van der Waals surface area contributed by atoms with E-state index in [1.54, 1.807) is 39.8 Å². The molecule has 4 aliphatic carbocycles. The van der Waals surface area contributed by atoms with Gasteiger partial charge in [0.1, 0.15) is 22.8 Å². The van der Waals surface area contributed by atoms with Crippen molar-refractivity contribution in [3.05, 3.63) is 58.1 Å². The molecule has 8 heteroatoms. The number of aliphatic hydroxyl groups excluding tert-OH is 3. The van der Waals surface area contributed by atoms with Crippen LogP contribution in [-0.4, -0.2) is 54.6 Å². The quantitative estimate of drug-likeness (QED) is 0.258. The van der Waals surface area contributed by atoms with Crippen molar-refractivity contribution in [2.24, 2.45) is 28.6 Å². The maximum atomic E-state index is 14.5. The molecule has 0 heterocycles. The molecule has 1 fully saturated rings. The van der Waals surface area contributed by atoms with Gasteiger partial charge in [0.15, 0.2) is 17.2 Å². The first-order valence-corrected chi connectivity index (χ1v) is 15.4. The molecule has 1 aromatic rings. The van der Waals surface area contributed by atoms with Crippen LogP contribution < -0.4 is 0 Å². The third kappa shape index (κ3) is 3.84.